The number of nitrogens with zero attached hydrogens (tertiary/aromatic N) is 1. The van der Waals surface area contributed by atoms with Gasteiger partial charge in [-0.1, -0.05) is 12.1 Å². The standard InChI is InChI=1S/C16H23FN2O/c17-13-5-1-2-8-16(13)20-12-11-19-10-4-7-15(19)14-6-3-9-18-14/h1-2,5,8,14-15,18H,3-4,6-7,9-12H2. The molecule has 3 nitrogen and oxygen atoms in total. The molecular formula is C16H23FN2O. The highest BCUT2D eigenvalue weighted by Crippen LogP contribution is 2.24. The van der Waals surface area contributed by atoms with Gasteiger partial charge in [-0.2, -0.15) is 0 Å². The van der Waals surface area contributed by atoms with Crippen LogP contribution in [0.2, 0.25) is 0 Å². The molecule has 4 heteroatoms. The monoisotopic (exact) mass is 278 g/mol. The van der Waals surface area contributed by atoms with Crippen LogP contribution in [-0.4, -0.2) is 43.2 Å². The normalized spacial score (nSPS) is 27.1. The van der Waals surface area contributed by atoms with Crippen molar-refractivity contribution in [2.75, 3.05) is 26.2 Å². The van der Waals surface area contributed by atoms with Crippen molar-refractivity contribution in [3.63, 3.8) is 0 Å². The highest BCUT2D eigenvalue weighted by atomic mass is 19.1. The zero-order valence-corrected chi connectivity index (χ0v) is 11.9. The van der Waals surface area contributed by atoms with Crippen molar-refractivity contribution in [3.8, 4) is 5.75 Å². The summed E-state index contributed by atoms with van der Waals surface area (Å²) in [4.78, 5) is 2.50. The fourth-order valence-electron chi connectivity index (χ4n) is 3.46. The third kappa shape index (κ3) is 3.13. The molecule has 0 aliphatic carbocycles. The molecule has 1 aromatic rings. The molecule has 0 saturated carbocycles. The molecule has 0 radical (unpaired) electrons. The Balaban J connectivity index is 1.49. The van der Waals surface area contributed by atoms with Crippen LogP contribution in [0.5, 0.6) is 5.75 Å². The van der Waals surface area contributed by atoms with E-state index < -0.39 is 0 Å². The van der Waals surface area contributed by atoms with Crippen molar-refractivity contribution in [1.82, 2.24) is 10.2 Å². The minimum atomic E-state index is -0.275. The molecule has 2 fully saturated rings. The number of halogens is 1. The maximum atomic E-state index is 13.5. The number of benzene rings is 1. The molecule has 1 aromatic carbocycles. The van der Waals surface area contributed by atoms with E-state index in [1.807, 2.05) is 0 Å². The summed E-state index contributed by atoms with van der Waals surface area (Å²) in [5, 5.41) is 3.60. The molecule has 2 heterocycles. The fraction of sp³-hybridized carbons (Fsp3) is 0.625. The van der Waals surface area contributed by atoms with Crippen LogP contribution in [0.15, 0.2) is 24.3 Å². The number of ether oxygens (including phenoxy) is 1. The first kappa shape index (κ1) is 13.8. The van der Waals surface area contributed by atoms with Crippen molar-refractivity contribution in [2.24, 2.45) is 0 Å². The first-order valence-electron chi connectivity index (χ1n) is 7.69. The van der Waals surface area contributed by atoms with Gasteiger partial charge in [-0.05, 0) is 50.9 Å². The summed E-state index contributed by atoms with van der Waals surface area (Å²) in [6.45, 7) is 3.74. The van der Waals surface area contributed by atoms with Gasteiger partial charge in [-0.15, -0.1) is 0 Å². The van der Waals surface area contributed by atoms with E-state index in [2.05, 4.69) is 10.2 Å². The smallest absolute Gasteiger partial charge is 0.165 e. The van der Waals surface area contributed by atoms with E-state index in [0.717, 1.165) is 19.6 Å². The number of para-hydroxylation sites is 1. The second kappa shape index (κ2) is 6.55. The van der Waals surface area contributed by atoms with Crippen LogP contribution in [0.1, 0.15) is 25.7 Å². The van der Waals surface area contributed by atoms with Gasteiger partial charge in [-0.25, -0.2) is 4.39 Å². The Labute approximate surface area is 120 Å². The van der Waals surface area contributed by atoms with Crippen LogP contribution < -0.4 is 10.1 Å². The van der Waals surface area contributed by atoms with Crippen molar-refractivity contribution >= 4 is 0 Å². The molecule has 2 atom stereocenters. The lowest BCUT2D eigenvalue weighted by Crippen LogP contribution is -2.45. The van der Waals surface area contributed by atoms with Gasteiger partial charge in [-0.3, -0.25) is 4.90 Å². The zero-order valence-electron chi connectivity index (χ0n) is 11.9. The highest BCUT2D eigenvalue weighted by Gasteiger charge is 2.32. The average molecular weight is 278 g/mol. The lowest BCUT2D eigenvalue weighted by molar-refractivity contribution is 0.172. The molecule has 0 spiro atoms. The Bertz CT molecular complexity index is 434. The van der Waals surface area contributed by atoms with E-state index >= 15 is 0 Å². The minimum Gasteiger partial charge on any atom is -0.489 e. The predicted molar refractivity (Wildman–Crippen MR) is 77.5 cm³/mol. The molecule has 2 aliphatic rings. The SMILES string of the molecule is Fc1ccccc1OCCN1CCCC1C1CCCN1. The van der Waals surface area contributed by atoms with E-state index in [1.165, 1.54) is 31.7 Å². The molecule has 110 valence electrons. The molecule has 20 heavy (non-hydrogen) atoms. The quantitative estimate of drug-likeness (QED) is 0.895. The molecular weight excluding hydrogens is 255 g/mol. The highest BCUT2D eigenvalue weighted by molar-refractivity contribution is 5.23. The van der Waals surface area contributed by atoms with E-state index in [0.29, 0.717) is 24.4 Å². The Kier molecular flexibility index (Phi) is 4.53. The number of nitrogens with one attached hydrogen (secondary N) is 1. The summed E-state index contributed by atoms with van der Waals surface area (Å²) in [6, 6.07) is 7.91. The summed E-state index contributed by atoms with van der Waals surface area (Å²) < 4.78 is 19.0. The molecule has 0 aromatic heterocycles. The molecule has 2 saturated heterocycles. The van der Waals surface area contributed by atoms with Gasteiger partial charge in [0.25, 0.3) is 0 Å². The van der Waals surface area contributed by atoms with Crippen molar-refractivity contribution in [1.29, 1.82) is 0 Å². The van der Waals surface area contributed by atoms with Crippen LogP contribution in [-0.2, 0) is 0 Å². The lowest BCUT2D eigenvalue weighted by atomic mass is 10.0. The van der Waals surface area contributed by atoms with Crippen molar-refractivity contribution < 1.29 is 9.13 Å². The Morgan fingerprint density at radius 1 is 1.25 bits per heavy atom. The third-order valence-electron chi connectivity index (χ3n) is 4.45. The van der Waals surface area contributed by atoms with Crippen LogP contribution in [0.4, 0.5) is 4.39 Å². The van der Waals surface area contributed by atoms with E-state index in [-0.39, 0.29) is 5.82 Å². The predicted octanol–water partition coefficient (Wildman–Crippen LogP) is 2.42. The topological polar surface area (TPSA) is 24.5 Å². The summed E-state index contributed by atoms with van der Waals surface area (Å²) in [5.74, 6) is 0.0881. The van der Waals surface area contributed by atoms with Crippen LogP contribution in [0.3, 0.4) is 0 Å². The van der Waals surface area contributed by atoms with Crippen LogP contribution in [0, 0.1) is 5.82 Å². The van der Waals surface area contributed by atoms with Gasteiger partial charge in [0, 0.05) is 18.6 Å². The average Bonchev–Trinajstić information content (AvgIpc) is 3.11. The van der Waals surface area contributed by atoms with E-state index in [4.69, 9.17) is 4.74 Å². The minimum absolute atomic E-state index is 0.275. The summed E-state index contributed by atoms with van der Waals surface area (Å²) in [6.07, 6.45) is 5.12. The van der Waals surface area contributed by atoms with Gasteiger partial charge in [0.2, 0.25) is 0 Å². The molecule has 0 amide bonds. The zero-order chi connectivity index (χ0) is 13.8. The lowest BCUT2D eigenvalue weighted by Gasteiger charge is -2.29. The van der Waals surface area contributed by atoms with Gasteiger partial charge in [0.15, 0.2) is 11.6 Å². The fourth-order valence-corrected chi connectivity index (χ4v) is 3.46. The molecule has 2 aliphatic heterocycles. The maximum absolute atomic E-state index is 13.5. The van der Waals surface area contributed by atoms with Crippen molar-refractivity contribution in [3.05, 3.63) is 30.1 Å². The van der Waals surface area contributed by atoms with Crippen LogP contribution in [0.25, 0.3) is 0 Å². The summed E-state index contributed by atoms with van der Waals surface area (Å²) >= 11 is 0. The molecule has 0 bridgehead atoms. The number of likely N-dealkylation sites (tertiary alicyclic amines) is 1. The number of rotatable bonds is 5. The first-order chi connectivity index (χ1) is 9.84. The third-order valence-corrected chi connectivity index (χ3v) is 4.45. The number of hydrogen-bond acceptors (Lipinski definition) is 3. The Morgan fingerprint density at radius 2 is 2.15 bits per heavy atom. The molecule has 2 unspecified atom stereocenters. The van der Waals surface area contributed by atoms with Gasteiger partial charge in [0.1, 0.15) is 6.61 Å². The Hall–Kier alpha value is -1.13. The summed E-state index contributed by atoms with van der Waals surface area (Å²) in [7, 11) is 0. The van der Waals surface area contributed by atoms with Crippen LogP contribution >= 0.6 is 0 Å². The van der Waals surface area contributed by atoms with Gasteiger partial charge >= 0.3 is 0 Å². The largest absolute Gasteiger partial charge is 0.489 e. The maximum Gasteiger partial charge on any atom is 0.165 e. The van der Waals surface area contributed by atoms with Gasteiger partial charge < -0.3 is 10.1 Å². The summed E-state index contributed by atoms with van der Waals surface area (Å²) in [5.41, 5.74) is 0. The Morgan fingerprint density at radius 3 is 2.95 bits per heavy atom. The second-order valence-corrected chi connectivity index (χ2v) is 5.73. The van der Waals surface area contributed by atoms with E-state index in [1.54, 1.807) is 18.2 Å². The van der Waals surface area contributed by atoms with Gasteiger partial charge in [0.05, 0.1) is 0 Å². The first-order valence-corrected chi connectivity index (χ1v) is 7.69. The number of hydrogen-bond donors (Lipinski definition) is 1. The second-order valence-electron chi connectivity index (χ2n) is 5.73. The van der Waals surface area contributed by atoms with Crippen molar-refractivity contribution in [2.45, 2.75) is 37.8 Å². The molecule has 3 rings (SSSR count). The van der Waals surface area contributed by atoms with E-state index in [9.17, 15) is 4.39 Å². The molecule has 1 N–H and O–H groups in total.